The van der Waals surface area contributed by atoms with Crippen LogP contribution in [-0.2, 0) is 0 Å². The van der Waals surface area contributed by atoms with Gasteiger partial charge in [0.05, 0.1) is 0 Å². The normalized spacial score (nSPS) is 12.5. The lowest BCUT2D eigenvalue weighted by molar-refractivity contribution is 0.379. The molecular formula is C11H26NP. The highest BCUT2D eigenvalue weighted by atomic mass is 31.1. The monoisotopic (exact) mass is 203 g/mol. The van der Waals surface area contributed by atoms with E-state index in [1.165, 1.54) is 25.5 Å². The van der Waals surface area contributed by atoms with Crippen LogP contribution in [0.3, 0.4) is 0 Å². The van der Waals surface area contributed by atoms with Crippen LogP contribution in [0.25, 0.3) is 0 Å². The lowest BCUT2D eigenvalue weighted by Gasteiger charge is -2.18. The maximum atomic E-state index is 3.51. The Morgan fingerprint density at radius 3 is 2.15 bits per heavy atom. The smallest absolute Gasteiger partial charge is 0.0000126 e. The summed E-state index contributed by atoms with van der Waals surface area (Å²) in [6.45, 7) is 13.9. The molecule has 0 aliphatic heterocycles. The van der Waals surface area contributed by atoms with E-state index in [2.05, 4.69) is 39.4 Å². The largest absolute Gasteiger partial charge is 0.316 e. The van der Waals surface area contributed by atoms with E-state index >= 15 is 0 Å². The summed E-state index contributed by atoms with van der Waals surface area (Å²) < 4.78 is 0. The molecule has 0 aromatic carbocycles. The Balaban J connectivity index is 3.09. The fraction of sp³-hybridized carbons (Fsp3) is 1.00. The van der Waals surface area contributed by atoms with Gasteiger partial charge in [-0.25, -0.2) is 0 Å². The molecule has 0 amide bonds. The molecule has 0 heterocycles. The van der Waals surface area contributed by atoms with E-state index in [1.807, 2.05) is 0 Å². The molecule has 0 aromatic rings. The van der Waals surface area contributed by atoms with Crippen LogP contribution in [0.5, 0.6) is 0 Å². The van der Waals surface area contributed by atoms with Gasteiger partial charge in [-0.1, -0.05) is 20.8 Å². The first-order valence-electron chi connectivity index (χ1n) is 5.27. The van der Waals surface area contributed by atoms with Crippen LogP contribution in [0.1, 0.15) is 33.6 Å². The van der Waals surface area contributed by atoms with E-state index in [1.54, 1.807) is 0 Å². The SMILES string of the molecule is CP(C)CCCCNCC(C)(C)C. The Labute approximate surface area is 85.4 Å². The third-order valence-corrected chi connectivity index (χ3v) is 3.07. The molecule has 80 valence electrons. The predicted molar refractivity (Wildman–Crippen MR) is 65.2 cm³/mol. The van der Waals surface area contributed by atoms with Gasteiger partial charge < -0.3 is 5.32 Å². The minimum absolute atomic E-state index is 0.328. The van der Waals surface area contributed by atoms with Crippen molar-refractivity contribution in [2.75, 3.05) is 32.6 Å². The number of unbranched alkanes of at least 4 members (excludes halogenated alkanes) is 1. The number of rotatable bonds is 6. The van der Waals surface area contributed by atoms with Crippen LogP contribution in [0.15, 0.2) is 0 Å². The van der Waals surface area contributed by atoms with Crippen molar-refractivity contribution in [2.24, 2.45) is 5.41 Å². The summed E-state index contributed by atoms with van der Waals surface area (Å²) in [5.74, 6) is 0. The molecule has 0 bridgehead atoms. The quantitative estimate of drug-likeness (QED) is 0.516. The average Bonchev–Trinajstić information content (AvgIpc) is 1.93. The van der Waals surface area contributed by atoms with Gasteiger partial charge in [-0.2, -0.15) is 0 Å². The topological polar surface area (TPSA) is 12.0 Å². The summed E-state index contributed by atoms with van der Waals surface area (Å²) in [7, 11) is 0.328. The highest BCUT2D eigenvalue weighted by molar-refractivity contribution is 7.55. The summed E-state index contributed by atoms with van der Waals surface area (Å²) in [4.78, 5) is 0. The molecule has 0 rings (SSSR count). The first-order chi connectivity index (χ1) is 5.92. The molecule has 0 aliphatic carbocycles. The molecular weight excluding hydrogens is 177 g/mol. The van der Waals surface area contributed by atoms with Crippen LogP contribution in [0.4, 0.5) is 0 Å². The zero-order valence-corrected chi connectivity index (χ0v) is 10.9. The molecule has 0 saturated carbocycles. The third-order valence-electron chi connectivity index (χ3n) is 1.86. The van der Waals surface area contributed by atoms with Crippen LogP contribution < -0.4 is 5.32 Å². The third kappa shape index (κ3) is 12.4. The summed E-state index contributed by atoms with van der Waals surface area (Å²) in [6.07, 6.45) is 4.18. The molecule has 0 saturated heterocycles. The van der Waals surface area contributed by atoms with Gasteiger partial charge in [0.1, 0.15) is 0 Å². The maximum Gasteiger partial charge on any atom is -0.0000126 e. The summed E-state index contributed by atoms with van der Waals surface area (Å²) in [5.41, 5.74) is 0.433. The Bertz CT molecular complexity index is 116. The van der Waals surface area contributed by atoms with Gasteiger partial charge in [0.25, 0.3) is 0 Å². The zero-order valence-electron chi connectivity index (χ0n) is 9.98. The number of hydrogen-bond acceptors (Lipinski definition) is 1. The first kappa shape index (κ1) is 13.4. The van der Waals surface area contributed by atoms with E-state index in [0.29, 0.717) is 13.3 Å². The van der Waals surface area contributed by atoms with Crippen LogP contribution in [-0.4, -0.2) is 32.6 Å². The van der Waals surface area contributed by atoms with Gasteiger partial charge in [-0.15, -0.1) is 7.92 Å². The van der Waals surface area contributed by atoms with Crippen molar-refractivity contribution in [3.05, 3.63) is 0 Å². The molecule has 0 unspecified atom stereocenters. The fourth-order valence-corrected chi connectivity index (χ4v) is 2.00. The maximum absolute atomic E-state index is 3.51. The van der Waals surface area contributed by atoms with Gasteiger partial charge in [0, 0.05) is 0 Å². The molecule has 0 radical (unpaired) electrons. The number of hydrogen-bond donors (Lipinski definition) is 1. The molecule has 0 aliphatic rings. The number of nitrogens with one attached hydrogen (secondary N) is 1. The second-order valence-electron chi connectivity index (χ2n) is 5.25. The first-order valence-corrected chi connectivity index (χ1v) is 7.69. The van der Waals surface area contributed by atoms with E-state index in [-0.39, 0.29) is 0 Å². The van der Waals surface area contributed by atoms with Crippen molar-refractivity contribution < 1.29 is 0 Å². The van der Waals surface area contributed by atoms with Crippen molar-refractivity contribution in [3.63, 3.8) is 0 Å². The minimum atomic E-state index is 0.328. The molecule has 1 N–H and O–H groups in total. The van der Waals surface area contributed by atoms with E-state index in [9.17, 15) is 0 Å². The Morgan fingerprint density at radius 2 is 1.69 bits per heavy atom. The standard InChI is InChI=1S/C11H26NP/c1-11(2,3)10-12-8-6-7-9-13(4)5/h12H,6-10H2,1-5H3. The molecule has 2 heteroatoms. The van der Waals surface area contributed by atoms with Gasteiger partial charge >= 0.3 is 0 Å². The minimum Gasteiger partial charge on any atom is -0.316 e. The predicted octanol–water partition coefficient (Wildman–Crippen LogP) is 3.14. The second kappa shape index (κ2) is 6.79. The van der Waals surface area contributed by atoms with Crippen LogP contribution in [0.2, 0.25) is 0 Å². The Kier molecular flexibility index (Phi) is 6.99. The van der Waals surface area contributed by atoms with Crippen molar-refractivity contribution in [3.8, 4) is 0 Å². The molecule has 0 atom stereocenters. The summed E-state index contributed by atoms with van der Waals surface area (Å²) in [5, 5.41) is 3.51. The van der Waals surface area contributed by atoms with Crippen molar-refractivity contribution in [1.29, 1.82) is 0 Å². The van der Waals surface area contributed by atoms with Gasteiger partial charge in [0.2, 0.25) is 0 Å². The fourth-order valence-electron chi connectivity index (χ4n) is 1.14. The lowest BCUT2D eigenvalue weighted by atomic mass is 9.97. The second-order valence-corrected chi connectivity index (χ2v) is 7.85. The Hall–Kier alpha value is 0.390. The lowest BCUT2D eigenvalue weighted by Crippen LogP contribution is -2.27. The highest BCUT2D eigenvalue weighted by Gasteiger charge is 2.07. The van der Waals surface area contributed by atoms with Crippen LogP contribution in [0, 0.1) is 5.41 Å². The Morgan fingerprint density at radius 1 is 1.08 bits per heavy atom. The van der Waals surface area contributed by atoms with Gasteiger partial charge in [-0.3, -0.25) is 0 Å². The van der Waals surface area contributed by atoms with Crippen molar-refractivity contribution in [1.82, 2.24) is 5.32 Å². The van der Waals surface area contributed by atoms with E-state index in [4.69, 9.17) is 0 Å². The average molecular weight is 203 g/mol. The van der Waals surface area contributed by atoms with E-state index < -0.39 is 0 Å². The summed E-state index contributed by atoms with van der Waals surface area (Å²) in [6, 6.07) is 0. The van der Waals surface area contributed by atoms with Gasteiger partial charge in [-0.05, 0) is 50.8 Å². The van der Waals surface area contributed by atoms with Crippen molar-refractivity contribution >= 4 is 7.92 Å². The zero-order chi connectivity index (χ0) is 10.3. The molecule has 1 nitrogen and oxygen atoms in total. The molecule has 13 heavy (non-hydrogen) atoms. The molecule has 0 spiro atoms. The van der Waals surface area contributed by atoms with E-state index in [0.717, 1.165) is 6.54 Å². The highest BCUT2D eigenvalue weighted by Crippen LogP contribution is 2.25. The van der Waals surface area contributed by atoms with Crippen LogP contribution >= 0.6 is 7.92 Å². The summed E-state index contributed by atoms with van der Waals surface area (Å²) >= 11 is 0. The molecule has 0 fully saturated rings. The molecule has 0 aromatic heterocycles. The van der Waals surface area contributed by atoms with Crippen molar-refractivity contribution in [2.45, 2.75) is 33.6 Å². The van der Waals surface area contributed by atoms with Gasteiger partial charge in [0.15, 0.2) is 0 Å².